The van der Waals surface area contributed by atoms with E-state index in [9.17, 15) is 5.11 Å². The molecule has 4 aliphatic carbocycles. The molecule has 0 aromatic rings. The lowest BCUT2D eigenvalue weighted by Crippen LogP contribution is -2.58. The maximum atomic E-state index is 10.4. The van der Waals surface area contributed by atoms with Crippen molar-refractivity contribution in [2.75, 3.05) is 0 Å². The molecule has 29 heavy (non-hydrogen) atoms. The van der Waals surface area contributed by atoms with E-state index in [1.807, 2.05) is 0 Å². The smallest absolute Gasteiger partial charge is 0.0694 e. The first kappa shape index (κ1) is 22.1. The monoisotopic (exact) mass is 403 g/mol. The quantitative estimate of drug-likeness (QED) is 0.557. The molecule has 0 aromatic carbocycles. The van der Waals surface area contributed by atoms with Crippen molar-refractivity contribution in [3.63, 3.8) is 0 Å². The third-order valence-electron chi connectivity index (χ3n) is 11.0. The van der Waals surface area contributed by atoms with Crippen LogP contribution in [0.25, 0.3) is 0 Å². The molecule has 0 amide bonds. The summed E-state index contributed by atoms with van der Waals surface area (Å²) in [5, 5.41) is 10.4. The van der Waals surface area contributed by atoms with Crippen LogP contribution in [0.4, 0.5) is 0 Å². The Hall–Kier alpha value is -0.0800. The molecule has 10 atom stereocenters. The normalized spacial score (nSPS) is 50.7. The minimum atomic E-state index is -0.263. The average Bonchev–Trinajstić information content (AvgIpc) is 3.00. The Bertz CT molecular complexity index is 575. The summed E-state index contributed by atoms with van der Waals surface area (Å²) in [7, 11) is 0. The molecular weight excluding hydrogens is 354 g/mol. The summed E-state index contributed by atoms with van der Waals surface area (Å²) >= 11 is 0. The van der Waals surface area contributed by atoms with E-state index in [4.69, 9.17) is 5.73 Å². The zero-order valence-corrected chi connectivity index (χ0v) is 20.0. The van der Waals surface area contributed by atoms with E-state index in [0.717, 1.165) is 48.3 Å². The van der Waals surface area contributed by atoms with Gasteiger partial charge >= 0.3 is 0 Å². The summed E-state index contributed by atoms with van der Waals surface area (Å²) in [5.41, 5.74) is 7.36. The third kappa shape index (κ3) is 3.73. The summed E-state index contributed by atoms with van der Waals surface area (Å²) < 4.78 is 0. The highest BCUT2D eigenvalue weighted by atomic mass is 16.3. The van der Waals surface area contributed by atoms with E-state index in [2.05, 4.69) is 34.6 Å². The summed E-state index contributed by atoms with van der Waals surface area (Å²) in [6.45, 7) is 12.6. The highest BCUT2D eigenvalue weighted by Gasteiger charge is 2.61. The molecule has 0 aromatic heterocycles. The van der Waals surface area contributed by atoms with E-state index in [0.29, 0.717) is 16.7 Å². The molecule has 3 N–H and O–H groups in total. The number of rotatable bonds is 5. The van der Waals surface area contributed by atoms with Gasteiger partial charge in [-0.3, -0.25) is 0 Å². The van der Waals surface area contributed by atoms with Crippen molar-refractivity contribution in [3.05, 3.63) is 0 Å². The van der Waals surface area contributed by atoms with Crippen LogP contribution in [0.1, 0.15) is 105 Å². The van der Waals surface area contributed by atoms with Gasteiger partial charge in [-0.25, -0.2) is 0 Å². The second kappa shape index (κ2) is 8.12. The largest absolute Gasteiger partial charge is 0.392 e. The van der Waals surface area contributed by atoms with Crippen LogP contribution in [0.15, 0.2) is 0 Å². The first-order valence-electron chi connectivity index (χ1n) is 13.1. The van der Waals surface area contributed by atoms with Crippen LogP contribution in [0.3, 0.4) is 0 Å². The van der Waals surface area contributed by atoms with Crippen molar-refractivity contribution in [1.29, 1.82) is 0 Å². The van der Waals surface area contributed by atoms with Crippen molar-refractivity contribution in [3.8, 4) is 0 Å². The van der Waals surface area contributed by atoms with Gasteiger partial charge in [0, 0.05) is 6.04 Å². The highest BCUT2D eigenvalue weighted by molar-refractivity contribution is 5.10. The summed E-state index contributed by atoms with van der Waals surface area (Å²) in [4.78, 5) is 0. The first-order valence-corrected chi connectivity index (χ1v) is 13.1. The third-order valence-corrected chi connectivity index (χ3v) is 11.0. The van der Waals surface area contributed by atoms with Gasteiger partial charge in [0.2, 0.25) is 0 Å². The Morgan fingerprint density at radius 2 is 1.66 bits per heavy atom. The van der Waals surface area contributed by atoms with E-state index < -0.39 is 0 Å². The van der Waals surface area contributed by atoms with Crippen LogP contribution >= 0.6 is 0 Å². The Morgan fingerprint density at radius 3 is 2.38 bits per heavy atom. The van der Waals surface area contributed by atoms with Crippen LogP contribution in [0.2, 0.25) is 0 Å². The highest BCUT2D eigenvalue weighted by Crippen LogP contribution is 2.68. The molecule has 0 heterocycles. The van der Waals surface area contributed by atoms with Crippen molar-refractivity contribution >= 4 is 0 Å². The van der Waals surface area contributed by atoms with Crippen molar-refractivity contribution in [1.82, 2.24) is 0 Å². The molecule has 2 nitrogen and oxygen atoms in total. The van der Waals surface area contributed by atoms with Gasteiger partial charge in [0.15, 0.2) is 0 Å². The molecule has 4 saturated carbocycles. The molecular formula is C27H49NO. The summed E-state index contributed by atoms with van der Waals surface area (Å²) in [6.07, 6.45) is 14.6. The molecule has 0 bridgehead atoms. The predicted molar refractivity (Wildman–Crippen MR) is 122 cm³/mol. The molecule has 0 spiro atoms. The zero-order valence-electron chi connectivity index (χ0n) is 20.0. The number of aliphatic hydroxyl groups excluding tert-OH is 1. The Labute approximate surface area is 180 Å². The Morgan fingerprint density at radius 1 is 0.931 bits per heavy atom. The van der Waals surface area contributed by atoms with Crippen LogP contribution < -0.4 is 5.73 Å². The van der Waals surface area contributed by atoms with Crippen LogP contribution in [0.5, 0.6) is 0 Å². The standard InChI is InChI=1S/C27H49NO/c1-17(2)7-6-8-18(3)21-11-12-22-20-10-9-19-15-25(29)24(28)16-27(19,5)23(20)13-14-26(21,22)4/h17-25,29H,6-16,28H2,1-5H3/t18-,19+,20+,21-,22+,23+,24+,25+,26-,27+/m1/s1. The topological polar surface area (TPSA) is 46.2 Å². The van der Waals surface area contributed by atoms with Crippen molar-refractivity contribution < 1.29 is 5.11 Å². The predicted octanol–water partition coefficient (Wildman–Crippen LogP) is 6.41. The summed E-state index contributed by atoms with van der Waals surface area (Å²) in [6, 6.07) is 0.000571. The lowest BCUT2D eigenvalue weighted by molar-refractivity contribution is -0.133. The maximum Gasteiger partial charge on any atom is 0.0694 e. The number of nitrogens with two attached hydrogens (primary N) is 1. The van der Waals surface area contributed by atoms with Gasteiger partial charge in [-0.15, -0.1) is 0 Å². The molecule has 0 radical (unpaired) electrons. The van der Waals surface area contributed by atoms with E-state index in [-0.39, 0.29) is 12.1 Å². The number of fused-ring (bicyclic) bond motifs is 5. The summed E-state index contributed by atoms with van der Waals surface area (Å²) in [5.74, 6) is 6.11. The molecule has 4 aliphatic rings. The van der Waals surface area contributed by atoms with Crippen LogP contribution in [-0.2, 0) is 0 Å². The Balaban J connectivity index is 1.47. The molecule has 168 valence electrons. The van der Waals surface area contributed by atoms with Gasteiger partial charge in [0.1, 0.15) is 0 Å². The molecule has 0 unspecified atom stereocenters. The average molecular weight is 404 g/mol. The molecule has 0 saturated heterocycles. The molecule has 4 fully saturated rings. The first-order chi connectivity index (χ1) is 13.7. The van der Waals surface area contributed by atoms with Crippen LogP contribution in [-0.4, -0.2) is 17.3 Å². The second-order valence-electron chi connectivity index (χ2n) is 12.9. The SMILES string of the molecule is CC(C)CCC[C@@H](C)[C@H]1CC[C@H]2[C@@H]3CC[C@H]4C[C@H](O)[C@@H](N)C[C@]4(C)[C@H]3CC[C@]12C. The van der Waals surface area contributed by atoms with Gasteiger partial charge in [-0.1, -0.05) is 53.9 Å². The minimum absolute atomic E-state index is 0.000571. The lowest BCUT2D eigenvalue weighted by atomic mass is 9.44. The molecule has 4 rings (SSSR count). The van der Waals surface area contributed by atoms with E-state index in [1.165, 1.54) is 57.8 Å². The van der Waals surface area contributed by atoms with Gasteiger partial charge in [0.25, 0.3) is 0 Å². The Kier molecular flexibility index (Phi) is 6.19. The number of hydrogen-bond donors (Lipinski definition) is 2. The van der Waals surface area contributed by atoms with Crippen molar-refractivity contribution in [2.24, 2.45) is 58.0 Å². The van der Waals surface area contributed by atoms with Gasteiger partial charge in [0.05, 0.1) is 6.10 Å². The van der Waals surface area contributed by atoms with Crippen LogP contribution in [0, 0.1) is 52.3 Å². The molecule has 2 heteroatoms. The minimum Gasteiger partial charge on any atom is -0.392 e. The lowest BCUT2D eigenvalue weighted by Gasteiger charge is -2.62. The van der Waals surface area contributed by atoms with Gasteiger partial charge in [-0.2, -0.15) is 0 Å². The maximum absolute atomic E-state index is 10.4. The van der Waals surface area contributed by atoms with Gasteiger partial charge in [-0.05, 0) is 104 Å². The van der Waals surface area contributed by atoms with E-state index >= 15 is 0 Å². The fraction of sp³-hybridized carbons (Fsp3) is 1.00. The van der Waals surface area contributed by atoms with Crippen molar-refractivity contribution in [2.45, 2.75) is 117 Å². The number of aliphatic hydroxyl groups is 1. The fourth-order valence-electron chi connectivity index (χ4n) is 9.37. The fourth-order valence-corrected chi connectivity index (χ4v) is 9.37. The second-order valence-corrected chi connectivity index (χ2v) is 12.9. The van der Waals surface area contributed by atoms with Gasteiger partial charge < -0.3 is 10.8 Å². The zero-order chi connectivity index (χ0) is 21.0. The van der Waals surface area contributed by atoms with E-state index in [1.54, 1.807) is 0 Å². The number of hydrogen-bond acceptors (Lipinski definition) is 2. The molecule has 0 aliphatic heterocycles.